The SMILES string of the molecule is COc1ccccc1NC(=O)[C@H](C)NC(=O)c1nc(-c2ccc(OC)c3nc(C(F)(F)F)ccc23)oc1[C@H](C)N. The van der Waals surface area contributed by atoms with Crippen LogP contribution in [0.4, 0.5) is 18.9 Å². The van der Waals surface area contributed by atoms with Crippen molar-refractivity contribution >= 4 is 28.4 Å². The van der Waals surface area contributed by atoms with Gasteiger partial charge in [-0.3, -0.25) is 9.59 Å². The number of carbonyl (C=O) groups is 2. The van der Waals surface area contributed by atoms with Gasteiger partial charge in [0.05, 0.1) is 25.9 Å². The molecule has 0 spiro atoms. The Morgan fingerprint density at radius 1 is 0.975 bits per heavy atom. The number of para-hydroxylation sites is 2. The molecule has 2 atom stereocenters. The van der Waals surface area contributed by atoms with Crippen molar-refractivity contribution in [2.45, 2.75) is 32.1 Å². The highest BCUT2D eigenvalue weighted by Gasteiger charge is 2.33. The molecule has 2 amide bonds. The molecule has 210 valence electrons. The van der Waals surface area contributed by atoms with E-state index < -0.39 is 35.8 Å². The Labute approximate surface area is 226 Å². The van der Waals surface area contributed by atoms with E-state index in [4.69, 9.17) is 19.6 Å². The van der Waals surface area contributed by atoms with Crippen LogP contribution in [0.3, 0.4) is 0 Å². The zero-order chi connectivity index (χ0) is 29.2. The van der Waals surface area contributed by atoms with Crippen LogP contribution >= 0.6 is 0 Å². The number of oxazole rings is 1. The van der Waals surface area contributed by atoms with E-state index in [0.717, 1.165) is 6.07 Å². The summed E-state index contributed by atoms with van der Waals surface area (Å²) >= 11 is 0. The number of pyridine rings is 1. The van der Waals surface area contributed by atoms with Crippen molar-refractivity contribution in [1.82, 2.24) is 15.3 Å². The fraction of sp³-hybridized carbons (Fsp3) is 0.259. The number of halogens is 3. The molecule has 0 unspecified atom stereocenters. The largest absolute Gasteiger partial charge is 0.495 e. The van der Waals surface area contributed by atoms with Crippen molar-refractivity contribution in [3.8, 4) is 23.0 Å². The monoisotopic (exact) mass is 557 g/mol. The summed E-state index contributed by atoms with van der Waals surface area (Å²) in [5.41, 5.74) is 5.38. The first kappa shape index (κ1) is 28.4. The van der Waals surface area contributed by atoms with Gasteiger partial charge >= 0.3 is 6.18 Å². The van der Waals surface area contributed by atoms with E-state index in [1.807, 2.05) is 0 Å². The highest BCUT2D eigenvalue weighted by molar-refractivity contribution is 6.02. The fourth-order valence-electron chi connectivity index (χ4n) is 3.94. The minimum Gasteiger partial charge on any atom is -0.495 e. The van der Waals surface area contributed by atoms with E-state index in [1.165, 1.54) is 39.3 Å². The molecule has 2 aromatic heterocycles. The van der Waals surface area contributed by atoms with Gasteiger partial charge in [-0.25, -0.2) is 9.97 Å². The number of methoxy groups -OCH3 is 2. The molecule has 4 rings (SSSR count). The van der Waals surface area contributed by atoms with Gasteiger partial charge in [0, 0.05) is 10.9 Å². The second-order valence-electron chi connectivity index (χ2n) is 8.81. The number of hydrogen-bond acceptors (Lipinski definition) is 8. The third-order valence-corrected chi connectivity index (χ3v) is 5.95. The molecule has 0 saturated carbocycles. The zero-order valence-electron chi connectivity index (χ0n) is 21.9. The minimum atomic E-state index is -4.67. The number of nitrogens with two attached hydrogens (primary N) is 1. The van der Waals surface area contributed by atoms with Gasteiger partial charge in [0.1, 0.15) is 28.8 Å². The number of ether oxygens (including phenoxy) is 2. The number of carbonyl (C=O) groups excluding carboxylic acids is 2. The molecule has 2 heterocycles. The molecule has 0 aliphatic carbocycles. The van der Waals surface area contributed by atoms with Crippen LogP contribution in [0.1, 0.15) is 41.8 Å². The maximum atomic E-state index is 13.3. The number of nitrogens with zero attached hydrogens (tertiary/aromatic N) is 2. The smallest absolute Gasteiger partial charge is 0.433 e. The van der Waals surface area contributed by atoms with E-state index in [-0.39, 0.29) is 39.6 Å². The quantitative estimate of drug-likeness (QED) is 0.283. The van der Waals surface area contributed by atoms with Gasteiger partial charge in [-0.2, -0.15) is 13.2 Å². The van der Waals surface area contributed by atoms with Crippen molar-refractivity contribution in [2.24, 2.45) is 5.73 Å². The van der Waals surface area contributed by atoms with Gasteiger partial charge in [-0.05, 0) is 50.2 Å². The topological polar surface area (TPSA) is 142 Å². The van der Waals surface area contributed by atoms with Crippen LogP contribution in [-0.2, 0) is 11.0 Å². The summed E-state index contributed by atoms with van der Waals surface area (Å²) in [7, 11) is 2.77. The first-order valence-electron chi connectivity index (χ1n) is 12.0. The average molecular weight is 558 g/mol. The standard InChI is InChI=1S/C27H26F3N5O5/c1-13(31)23-22(25(37)32-14(2)24(36)33-17-7-5-6-8-18(17)38-3)35-26(40-23)16-9-11-19(39-4)21-15(16)10-12-20(34-21)27(28,29)30/h5-14H,31H2,1-4H3,(H,32,37)(H,33,36)/t13-,14-/m0/s1. The highest BCUT2D eigenvalue weighted by Crippen LogP contribution is 2.37. The number of nitrogens with one attached hydrogen (secondary N) is 2. The van der Waals surface area contributed by atoms with E-state index in [2.05, 4.69) is 20.6 Å². The normalized spacial score (nSPS) is 13.0. The number of amides is 2. The maximum Gasteiger partial charge on any atom is 0.433 e. The summed E-state index contributed by atoms with van der Waals surface area (Å²) in [5, 5.41) is 5.50. The Kier molecular flexibility index (Phi) is 7.96. The van der Waals surface area contributed by atoms with Gasteiger partial charge in [-0.1, -0.05) is 12.1 Å². The summed E-state index contributed by atoms with van der Waals surface area (Å²) in [6.45, 7) is 3.05. The lowest BCUT2D eigenvalue weighted by Crippen LogP contribution is -2.42. The lowest BCUT2D eigenvalue weighted by Gasteiger charge is -2.15. The number of aromatic nitrogens is 2. The third kappa shape index (κ3) is 5.69. The molecule has 4 aromatic rings. The molecule has 0 aliphatic rings. The van der Waals surface area contributed by atoms with E-state index in [1.54, 1.807) is 31.2 Å². The van der Waals surface area contributed by atoms with Crippen LogP contribution in [0, 0.1) is 0 Å². The number of rotatable bonds is 8. The second-order valence-corrected chi connectivity index (χ2v) is 8.81. The third-order valence-electron chi connectivity index (χ3n) is 5.95. The molecule has 0 aliphatic heterocycles. The number of fused-ring (bicyclic) bond motifs is 1. The second kappa shape index (κ2) is 11.2. The summed E-state index contributed by atoms with van der Waals surface area (Å²) in [6, 6.07) is 10.0. The Bertz CT molecular complexity index is 1570. The van der Waals surface area contributed by atoms with Gasteiger partial charge in [0.15, 0.2) is 11.5 Å². The highest BCUT2D eigenvalue weighted by atomic mass is 19.4. The molecule has 0 saturated heterocycles. The molecule has 4 N–H and O–H groups in total. The van der Waals surface area contributed by atoms with Crippen LogP contribution in [0.15, 0.2) is 52.9 Å². The molecule has 10 nitrogen and oxygen atoms in total. The number of alkyl halides is 3. The maximum absolute atomic E-state index is 13.3. The lowest BCUT2D eigenvalue weighted by atomic mass is 10.1. The minimum absolute atomic E-state index is 0.0219. The Morgan fingerprint density at radius 3 is 2.33 bits per heavy atom. The zero-order valence-corrected chi connectivity index (χ0v) is 21.9. The van der Waals surface area contributed by atoms with Crippen LogP contribution in [0.25, 0.3) is 22.4 Å². The van der Waals surface area contributed by atoms with Gasteiger partial charge in [0.2, 0.25) is 11.8 Å². The lowest BCUT2D eigenvalue weighted by molar-refractivity contribution is -0.141. The number of hydrogen-bond donors (Lipinski definition) is 3. The molecular weight excluding hydrogens is 531 g/mol. The Balaban J connectivity index is 1.66. The van der Waals surface area contributed by atoms with Crippen LogP contribution in [-0.4, -0.2) is 42.0 Å². The summed E-state index contributed by atoms with van der Waals surface area (Å²) < 4.78 is 56.2. The molecule has 0 radical (unpaired) electrons. The molecule has 13 heteroatoms. The predicted molar refractivity (Wildman–Crippen MR) is 140 cm³/mol. The molecule has 0 fully saturated rings. The molecule has 2 aromatic carbocycles. The number of benzene rings is 2. The van der Waals surface area contributed by atoms with Crippen LogP contribution in [0.2, 0.25) is 0 Å². The van der Waals surface area contributed by atoms with E-state index >= 15 is 0 Å². The predicted octanol–water partition coefficient (Wildman–Crippen LogP) is 4.70. The molecule has 40 heavy (non-hydrogen) atoms. The van der Waals surface area contributed by atoms with Crippen molar-refractivity contribution in [3.63, 3.8) is 0 Å². The van der Waals surface area contributed by atoms with Crippen LogP contribution in [0.5, 0.6) is 11.5 Å². The van der Waals surface area contributed by atoms with Gasteiger partial charge < -0.3 is 30.3 Å². The van der Waals surface area contributed by atoms with E-state index in [0.29, 0.717) is 11.4 Å². The van der Waals surface area contributed by atoms with Gasteiger partial charge in [-0.15, -0.1) is 0 Å². The molecular formula is C27H26F3N5O5. The fourth-order valence-corrected chi connectivity index (χ4v) is 3.94. The molecule has 0 bridgehead atoms. The first-order valence-corrected chi connectivity index (χ1v) is 12.0. The van der Waals surface area contributed by atoms with Crippen molar-refractivity contribution in [1.29, 1.82) is 0 Å². The Morgan fingerprint density at radius 2 is 1.68 bits per heavy atom. The summed E-state index contributed by atoms with van der Waals surface area (Å²) in [4.78, 5) is 34.0. The number of anilines is 1. The van der Waals surface area contributed by atoms with Crippen molar-refractivity contribution < 1.29 is 36.7 Å². The summed E-state index contributed by atoms with van der Waals surface area (Å²) in [6.07, 6.45) is -4.67. The average Bonchev–Trinajstić information content (AvgIpc) is 3.38. The van der Waals surface area contributed by atoms with Gasteiger partial charge in [0.25, 0.3) is 5.91 Å². The van der Waals surface area contributed by atoms with E-state index in [9.17, 15) is 22.8 Å². The van der Waals surface area contributed by atoms with Crippen LogP contribution < -0.4 is 25.8 Å². The Hall–Kier alpha value is -4.65. The summed E-state index contributed by atoms with van der Waals surface area (Å²) in [5.74, 6) is -0.752. The van der Waals surface area contributed by atoms with Crippen molar-refractivity contribution in [3.05, 3.63) is 65.7 Å². The first-order chi connectivity index (χ1) is 18.9. The van der Waals surface area contributed by atoms with Crippen molar-refractivity contribution in [2.75, 3.05) is 19.5 Å².